The lowest BCUT2D eigenvalue weighted by atomic mass is 9.99. The van der Waals surface area contributed by atoms with Crippen molar-refractivity contribution in [3.05, 3.63) is 42.1 Å². The Morgan fingerprint density at radius 3 is 2.95 bits per heavy atom. The van der Waals surface area contributed by atoms with Crippen LogP contribution < -0.4 is 10.6 Å². The van der Waals surface area contributed by atoms with Crippen LogP contribution in [0.2, 0.25) is 0 Å². The molecule has 1 aliphatic rings. The summed E-state index contributed by atoms with van der Waals surface area (Å²) >= 11 is 0. The minimum absolute atomic E-state index is 0.560. The Hall–Kier alpha value is -1.94. The molecule has 1 atom stereocenters. The van der Waals surface area contributed by atoms with Gasteiger partial charge in [-0.15, -0.1) is 0 Å². The maximum absolute atomic E-state index is 5.82. The number of hydrogen-bond donors (Lipinski definition) is 1. The molecule has 110 valence electrons. The maximum atomic E-state index is 5.82. The molecule has 1 unspecified atom stereocenters. The quantitative estimate of drug-likeness (QED) is 0.940. The highest BCUT2D eigenvalue weighted by Gasteiger charge is 2.21. The second-order valence-electron chi connectivity index (χ2n) is 5.75. The molecule has 21 heavy (non-hydrogen) atoms. The van der Waals surface area contributed by atoms with Crippen molar-refractivity contribution in [3.63, 3.8) is 0 Å². The molecule has 3 rings (SSSR count). The van der Waals surface area contributed by atoms with E-state index < -0.39 is 0 Å². The molecule has 4 nitrogen and oxygen atoms in total. The number of aromatic nitrogens is 2. The van der Waals surface area contributed by atoms with E-state index in [0.29, 0.717) is 5.92 Å². The van der Waals surface area contributed by atoms with Crippen molar-refractivity contribution in [1.29, 1.82) is 0 Å². The van der Waals surface area contributed by atoms with E-state index in [9.17, 15) is 0 Å². The molecule has 1 saturated heterocycles. The van der Waals surface area contributed by atoms with Gasteiger partial charge in [-0.25, -0.2) is 9.97 Å². The highest BCUT2D eigenvalue weighted by molar-refractivity contribution is 5.64. The molecule has 0 spiro atoms. The SMILES string of the molecule is Cc1ccccc1-c1ccnc(N2CCCC(CN)C2)n1. The number of hydrogen-bond acceptors (Lipinski definition) is 4. The van der Waals surface area contributed by atoms with Gasteiger partial charge in [0.05, 0.1) is 5.69 Å². The van der Waals surface area contributed by atoms with Gasteiger partial charge in [-0.1, -0.05) is 24.3 Å². The maximum Gasteiger partial charge on any atom is 0.225 e. The molecule has 2 aromatic rings. The molecule has 0 amide bonds. The Bertz CT molecular complexity index is 611. The van der Waals surface area contributed by atoms with Gasteiger partial charge in [-0.05, 0) is 43.9 Å². The van der Waals surface area contributed by atoms with E-state index in [1.807, 2.05) is 12.3 Å². The molecular formula is C17H22N4. The number of rotatable bonds is 3. The van der Waals surface area contributed by atoms with Crippen molar-refractivity contribution in [2.45, 2.75) is 19.8 Å². The van der Waals surface area contributed by atoms with Gasteiger partial charge in [0.15, 0.2) is 0 Å². The van der Waals surface area contributed by atoms with Crippen LogP contribution in [0.25, 0.3) is 11.3 Å². The van der Waals surface area contributed by atoms with Crippen LogP contribution in [0.1, 0.15) is 18.4 Å². The van der Waals surface area contributed by atoms with Gasteiger partial charge in [0.1, 0.15) is 0 Å². The summed E-state index contributed by atoms with van der Waals surface area (Å²) in [4.78, 5) is 11.5. The third-order valence-electron chi connectivity index (χ3n) is 4.20. The van der Waals surface area contributed by atoms with Crippen LogP contribution in [0.4, 0.5) is 5.95 Å². The molecule has 1 aliphatic heterocycles. The number of benzene rings is 1. The van der Waals surface area contributed by atoms with Crippen LogP contribution in [0, 0.1) is 12.8 Å². The van der Waals surface area contributed by atoms with Crippen molar-refractivity contribution in [2.75, 3.05) is 24.5 Å². The van der Waals surface area contributed by atoms with Gasteiger partial charge >= 0.3 is 0 Å². The number of nitrogens with two attached hydrogens (primary N) is 1. The summed E-state index contributed by atoms with van der Waals surface area (Å²) in [6, 6.07) is 10.3. The minimum atomic E-state index is 0.560. The monoisotopic (exact) mass is 282 g/mol. The van der Waals surface area contributed by atoms with Crippen LogP contribution in [0.15, 0.2) is 36.5 Å². The summed E-state index contributed by atoms with van der Waals surface area (Å²) in [5.74, 6) is 1.39. The molecule has 0 radical (unpaired) electrons. The zero-order chi connectivity index (χ0) is 14.7. The zero-order valence-electron chi connectivity index (χ0n) is 12.5. The van der Waals surface area contributed by atoms with E-state index in [4.69, 9.17) is 10.7 Å². The highest BCUT2D eigenvalue weighted by Crippen LogP contribution is 2.24. The highest BCUT2D eigenvalue weighted by atomic mass is 15.3. The Balaban J connectivity index is 1.88. The Labute approximate surface area is 126 Å². The van der Waals surface area contributed by atoms with Crippen molar-refractivity contribution in [2.24, 2.45) is 11.7 Å². The van der Waals surface area contributed by atoms with Gasteiger partial charge in [0, 0.05) is 24.8 Å². The summed E-state index contributed by atoms with van der Waals surface area (Å²) in [5, 5.41) is 0. The number of nitrogens with zero attached hydrogens (tertiary/aromatic N) is 3. The van der Waals surface area contributed by atoms with E-state index >= 15 is 0 Å². The molecule has 2 heterocycles. The van der Waals surface area contributed by atoms with Crippen molar-refractivity contribution in [3.8, 4) is 11.3 Å². The second-order valence-corrected chi connectivity index (χ2v) is 5.75. The number of anilines is 1. The van der Waals surface area contributed by atoms with E-state index in [1.165, 1.54) is 24.0 Å². The summed E-state index contributed by atoms with van der Waals surface area (Å²) in [6.07, 6.45) is 4.24. The molecule has 4 heteroatoms. The van der Waals surface area contributed by atoms with Gasteiger partial charge in [0.25, 0.3) is 0 Å². The van der Waals surface area contributed by atoms with Gasteiger partial charge in [-0.3, -0.25) is 0 Å². The van der Waals surface area contributed by atoms with Crippen molar-refractivity contribution >= 4 is 5.95 Å². The lowest BCUT2D eigenvalue weighted by molar-refractivity contribution is 0.419. The molecule has 2 N–H and O–H groups in total. The third kappa shape index (κ3) is 3.05. The predicted molar refractivity (Wildman–Crippen MR) is 86.2 cm³/mol. The first-order chi connectivity index (χ1) is 10.3. The first-order valence-corrected chi connectivity index (χ1v) is 7.62. The van der Waals surface area contributed by atoms with Crippen molar-refractivity contribution in [1.82, 2.24) is 9.97 Å². The topological polar surface area (TPSA) is 55.0 Å². The van der Waals surface area contributed by atoms with Crippen LogP contribution in [0.3, 0.4) is 0 Å². The average Bonchev–Trinajstić information content (AvgIpc) is 2.55. The smallest absolute Gasteiger partial charge is 0.225 e. The summed E-state index contributed by atoms with van der Waals surface area (Å²) in [5.41, 5.74) is 9.22. The largest absolute Gasteiger partial charge is 0.340 e. The number of aryl methyl sites for hydroxylation is 1. The van der Waals surface area contributed by atoms with E-state index in [-0.39, 0.29) is 0 Å². The van der Waals surface area contributed by atoms with Gasteiger partial charge < -0.3 is 10.6 Å². The van der Waals surface area contributed by atoms with E-state index in [1.54, 1.807) is 0 Å². The number of piperidine rings is 1. The summed E-state index contributed by atoms with van der Waals surface area (Å²) in [6.45, 7) is 4.85. The molecule has 0 bridgehead atoms. The van der Waals surface area contributed by atoms with Crippen LogP contribution in [-0.4, -0.2) is 29.6 Å². The lowest BCUT2D eigenvalue weighted by Gasteiger charge is -2.32. The average molecular weight is 282 g/mol. The van der Waals surface area contributed by atoms with Gasteiger partial charge in [-0.2, -0.15) is 0 Å². The first-order valence-electron chi connectivity index (χ1n) is 7.62. The Morgan fingerprint density at radius 2 is 2.14 bits per heavy atom. The summed E-state index contributed by atoms with van der Waals surface area (Å²) in [7, 11) is 0. The third-order valence-corrected chi connectivity index (χ3v) is 4.20. The Morgan fingerprint density at radius 1 is 1.29 bits per heavy atom. The van der Waals surface area contributed by atoms with Crippen molar-refractivity contribution < 1.29 is 0 Å². The molecular weight excluding hydrogens is 260 g/mol. The Kier molecular flexibility index (Phi) is 4.15. The van der Waals surface area contributed by atoms with Crippen LogP contribution in [0.5, 0.6) is 0 Å². The van der Waals surface area contributed by atoms with Gasteiger partial charge in [0.2, 0.25) is 5.95 Å². The fourth-order valence-electron chi connectivity index (χ4n) is 2.95. The molecule has 0 saturated carbocycles. The molecule has 1 aromatic carbocycles. The van der Waals surface area contributed by atoms with E-state index in [0.717, 1.165) is 31.3 Å². The predicted octanol–water partition coefficient (Wildman–Crippen LogP) is 2.63. The van der Waals surface area contributed by atoms with Crippen LogP contribution in [-0.2, 0) is 0 Å². The standard InChI is InChI=1S/C17H22N4/c1-13-5-2-3-7-15(13)16-8-9-19-17(20-16)21-10-4-6-14(11-18)12-21/h2-3,5,7-9,14H,4,6,10-12,18H2,1H3. The fourth-order valence-corrected chi connectivity index (χ4v) is 2.95. The second kappa shape index (κ2) is 6.22. The first kappa shape index (κ1) is 14.0. The minimum Gasteiger partial charge on any atom is -0.340 e. The molecule has 1 fully saturated rings. The summed E-state index contributed by atoms with van der Waals surface area (Å²) < 4.78 is 0. The molecule has 0 aliphatic carbocycles. The fraction of sp³-hybridized carbons (Fsp3) is 0.412. The zero-order valence-corrected chi connectivity index (χ0v) is 12.5. The lowest BCUT2D eigenvalue weighted by Crippen LogP contribution is -2.39. The normalized spacial score (nSPS) is 18.8. The van der Waals surface area contributed by atoms with Crippen LogP contribution >= 0.6 is 0 Å². The van der Waals surface area contributed by atoms with E-state index in [2.05, 4.69) is 41.1 Å². The molecule has 1 aromatic heterocycles.